The molecule has 0 radical (unpaired) electrons. The molecule has 7 heteroatoms. The minimum atomic E-state index is -0.750. The summed E-state index contributed by atoms with van der Waals surface area (Å²) in [5, 5.41) is 6.05. The van der Waals surface area contributed by atoms with Gasteiger partial charge in [0.2, 0.25) is 5.91 Å². The smallest absolute Gasteiger partial charge is 0.408 e. The Morgan fingerprint density at radius 1 is 1.04 bits per heavy atom. The number of hydrogen-bond donors (Lipinski definition) is 2. The maximum Gasteiger partial charge on any atom is 0.408 e. The zero-order valence-electron chi connectivity index (χ0n) is 14.8. The number of alkyl carbamates (subject to hydrolysis) is 1. The Kier molecular flexibility index (Phi) is 6.87. The summed E-state index contributed by atoms with van der Waals surface area (Å²) in [6, 6.07) is 18.2. The molecule has 0 bridgehead atoms. The van der Waals surface area contributed by atoms with Crippen LogP contribution in [0.2, 0.25) is 0 Å². The molecule has 0 saturated carbocycles. The highest BCUT2D eigenvalue weighted by atomic mass is 32.2. The molecule has 140 valence electrons. The predicted molar refractivity (Wildman–Crippen MR) is 107 cm³/mol. The topological polar surface area (TPSA) is 79.8 Å². The van der Waals surface area contributed by atoms with Crippen molar-refractivity contribution in [3.63, 3.8) is 0 Å². The van der Waals surface area contributed by atoms with Gasteiger partial charge >= 0.3 is 6.09 Å². The van der Waals surface area contributed by atoms with Gasteiger partial charge < -0.3 is 15.4 Å². The number of ether oxygens (including phenoxy) is 1. The van der Waals surface area contributed by atoms with Gasteiger partial charge in [-0.25, -0.2) is 4.79 Å². The van der Waals surface area contributed by atoms with Crippen LogP contribution in [0.5, 0.6) is 0 Å². The molecule has 1 aliphatic rings. The van der Waals surface area contributed by atoms with E-state index < -0.39 is 12.1 Å². The number of hydrogen-bond acceptors (Lipinski definition) is 5. The van der Waals surface area contributed by atoms with Crippen molar-refractivity contribution in [2.45, 2.75) is 19.1 Å². The number of aliphatic imine (C=N–C) groups is 1. The summed E-state index contributed by atoms with van der Waals surface area (Å²) in [4.78, 5) is 29.1. The predicted octanol–water partition coefficient (Wildman–Crippen LogP) is 2.74. The van der Waals surface area contributed by atoms with Gasteiger partial charge in [-0.05, 0) is 11.1 Å². The summed E-state index contributed by atoms with van der Waals surface area (Å²) in [6.07, 6.45) is -0.263. The van der Waals surface area contributed by atoms with Crippen LogP contribution in [0.4, 0.5) is 4.79 Å². The van der Waals surface area contributed by atoms with E-state index in [0.29, 0.717) is 18.1 Å². The Morgan fingerprint density at radius 2 is 1.70 bits per heavy atom. The van der Waals surface area contributed by atoms with Gasteiger partial charge in [0.25, 0.3) is 0 Å². The molecule has 0 aromatic heterocycles. The highest BCUT2D eigenvalue weighted by molar-refractivity contribution is 8.14. The molecule has 27 heavy (non-hydrogen) atoms. The van der Waals surface area contributed by atoms with Gasteiger partial charge in [-0.15, -0.1) is 0 Å². The number of thioether (sulfide) groups is 1. The summed E-state index contributed by atoms with van der Waals surface area (Å²) < 4.78 is 5.25. The van der Waals surface area contributed by atoms with Crippen LogP contribution in [0, 0.1) is 0 Å². The van der Waals surface area contributed by atoms with Crippen molar-refractivity contribution >= 4 is 28.9 Å². The number of nitrogens with zero attached hydrogens (tertiary/aromatic N) is 1. The minimum Gasteiger partial charge on any atom is -0.445 e. The molecule has 0 fully saturated rings. The third-order valence-electron chi connectivity index (χ3n) is 3.92. The molecule has 2 aromatic rings. The quantitative estimate of drug-likeness (QED) is 0.804. The highest BCUT2D eigenvalue weighted by Crippen LogP contribution is 2.10. The number of amides is 2. The molecule has 0 spiro atoms. The fourth-order valence-corrected chi connectivity index (χ4v) is 3.30. The van der Waals surface area contributed by atoms with Gasteiger partial charge in [0.15, 0.2) is 5.17 Å². The molecule has 1 heterocycles. The van der Waals surface area contributed by atoms with E-state index >= 15 is 0 Å². The van der Waals surface area contributed by atoms with E-state index in [4.69, 9.17) is 4.74 Å². The van der Waals surface area contributed by atoms with Crippen molar-refractivity contribution in [1.29, 1.82) is 0 Å². The van der Waals surface area contributed by atoms with Crippen LogP contribution >= 0.6 is 11.8 Å². The van der Waals surface area contributed by atoms with Crippen LogP contribution < -0.4 is 10.6 Å². The first-order valence-electron chi connectivity index (χ1n) is 8.70. The Morgan fingerprint density at radius 3 is 2.33 bits per heavy atom. The molecule has 2 N–H and O–H groups in total. The van der Waals surface area contributed by atoms with Crippen molar-refractivity contribution in [2.75, 3.05) is 12.3 Å². The molecule has 1 atom stereocenters. The summed E-state index contributed by atoms with van der Waals surface area (Å²) in [5.74, 6) is 0.551. The van der Waals surface area contributed by atoms with E-state index in [2.05, 4.69) is 15.6 Å². The van der Waals surface area contributed by atoms with Crippen molar-refractivity contribution in [3.05, 3.63) is 71.8 Å². The lowest BCUT2D eigenvalue weighted by Gasteiger charge is -2.18. The van der Waals surface area contributed by atoms with E-state index in [9.17, 15) is 9.59 Å². The Labute approximate surface area is 162 Å². The standard InChI is InChI=1S/C20H21N3O3S/c24-18(23-19-21-11-12-27-19)17(13-15-7-3-1-4-8-15)22-20(25)26-14-16-9-5-2-6-10-16/h1-10,17H,11-14H2,(H,22,25)(H,21,23,24). The van der Waals surface area contributed by atoms with Crippen molar-refractivity contribution in [2.24, 2.45) is 4.99 Å². The van der Waals surface area contributed by atoms with E-state index in [1.807, 2.05) is 60.7 Å². The number of carbonyl (C=O) groups is 2. The lowest BCUT2D eigenvalue weighted by Crippen LogP contribution is -2.49. The maximum absolute atomic E-state index is 12.6. The van der Waals surface area contributed by atoms with Crippen molar-refractivity contribution in [1.82, 2.24) is 10.6 Å². The van der Waals surface area contributed by atoms with Crippen LogP contribution in [0.3, 0.4) is 0 Å². The fraction of sp³-hybridized carbons (Fsp3) is 0.250. The summed E-state index contributed by atoms with van der Waals surface area (Å²) in [7, 11) is 0. The minimum absolute atomic E-state index is 0.148. The van der Waals surface area contributed by atoms with Gasteiger partial charge in [-0.1, -0.05) is 72.4 Å². The third-order valence-corrected chi connectivity index (χ3v) is 4.81. The van der Waals surface area contributed by atoms with Gasteiger partial charge in [0.1, 0.15) is 12.6 Å². The lowest BCUT2D eigenvalue weighted by atomic mass is 10.1. The molecule has 2 aromatic carbocycles. The second-order valence-corrected chi connectivity index (χ2v) is 7.06. The molecular weight excluding hydrogens is 362 g/mol. The van der Waals surface area contributed by atoms with Crippen LogP contribution in [-0.2, 0) is 22.6 Å². The summed E-state index contributed by atoms with van der Waals surface area (Å²) in [6.45, 7) is 0.838. The highest BCUT2D eigenvalue weighted by Gasteiger charge is 2.24. The first-order valence-corrected chi connectivity index (χ1v) is 9.68. The van der Waals surface area contributed by atoms with E-state index in [1.54, 1.807) is 0 Å². The molecule has 3 rings (SSSR count). The van der Waals surface area contributed by atoms with Gasteiger partial charge in [0.05, 0.1) is 6.54 Å². The maximum atomic E-state index is 12.6. The largest absolute Gasteiger partial charge is 0.445 e. The van der Waals surface area contributed by atoms with Crippen molar-refractivity contribution in [3.8, 4) is 0 Å². The number of rotatable bonds is 6. The summed E-state index contributed by atoms with van der Waals surface area (Å²) in [5.41, 5.74) is 1.83. The number of benzene rings is 2. The monoisotopic (exact) mass is 383 g/mol. The van der Waals surface area contributed by atoms with Crippen LogP contribution in [0.1, 0.15) is 11.1 Å². The number of carbonyl (C=O) groups excluding carboxylic acids is 2. The Balaban J connectivity index is 1.61. The Hall–Kier alpha value is -2.80. The van der Waals surface area contributed by atoms with Gasteiger partial charge in [0, 0.05) is 12.2 Å². The van der Waals surface area contributed by atoms with E-state index in [1.165, 1.54) is 11.8 Å². The van der Waals surface area contributed by atoms with E-state index in [0.717, 1.165) is 16.9 Å². The SMILES string of the molecule is O=C(NC(Cc1ccccc1)C(=O)NC1=NCCS1)OCc1ccccc1. The average molecular weight is 383 g/mol. The second-order valence-electron chi connectivity index (χ2n) is 5.97. The van der Waals surface area contributed by atoms with Crippen LogP contribution in [0.25, 0.3) is 0 Å². The number of amidine groups is 1. The van der Waals surface area contributed by atoms with Gasteiger partial charge in [-0.3, -0.25) is 9.79 Å². The molecule has 1 aliphatic heterocycles. The van der Waals surface area contributed by atoms with Gasteiger partial charge in [-0.2, -0.15) is 0 Å². The number of nitrogens with one attached hydrogen (secondary N) is 2. The zero-order chi connectivity index (χ0) is 18.9. The van der Waals surface area contributed by atoms with Crippen LogP contribution in [0.15, 0.2) is 65.7 Å². The molecule has 1 unspecified atom stereocenters. The fourth-order valence-electron chi connectivity index (χ4n) is 2.57. The molecular formula is C20H21N3O3S. The first kappa shape index (κ1) is 19.0. The second kappa shape index (κ2) is 9.78. The molecule has 2 amide bonds. The molecule has 0 aliphatic carbocycles. The Bertz CT molecular complexity index is 797. The van der Waals surface area contributed by atoms with Crippen LogP contribution in [-0.4, -0.2) is 35.5 Å². The lowest BCUT2D eigenvalue weighted by molar-refractivity contribution is -0.121. The zero-order valence-corrected chi connectivity index (χ0v) is 15.6. The summed E-state index contributed by atoms with van der Waals surface area (Å²) >= 11 is 1.49. The normalized spacial score (nSPS) is 14.1. The third kappa shape index (κ3) is 6.14. The molecule has 6 nitrogen and oxygen atoms in total. The molecule has 0 saturated heterocycles. The average Bonchev–Trinajstić information content (AvgIpc) is 3.20. The first-order chi connectivity index (χ1) is 13.2. The van der Waals surface area contributed by atoms with E-state index in [-0.39, 0.29) is 12.5 Å². The van der Waals surface area contributed by atoms with Crippen molar-refractivity contribution < 1.29 is 14.3 Å².